The van der Waals surface area contributed by atoms with Gasteiger partial charge in [-0.2, -0.15) is 0 Å². The predicted octanol–water partition coefficient (Wildman–Crippen LogP) is 1.77. The largest absolute Gasteiger partial charge is 0.362 e. The molecule has 0 unspecified atom stereocenters. The number of hydrogen-bond donors (Lipinski definition) is 2. The number of pyridine rings is 1. The Morgan fingerprint density at radius 2 is 2.20 bits per heavy atom. The highest BCUT2D eigenvalue weighted by Crippen LogP contribution is 2.23. The molecule has 2 heterocycles. The first-order valence-electron chi connectivity index (χ1n) is 5.29. The smallest absolute Gasteiger partial charge is 0.165 e. The molecule has 3 nitrogen and oxygen atoms in total. The van der Waals surface area contributed by atoms with Crippen molar-refractivity contribution in [2.75, 3.05) is 18.4 Å². The maximum absolute atomic E-state index is 13.4. The second kappa shape index (κ2) is 4.14. The summed E-state index contributed by atoms with van der Waals surface area (Å²) in [7, 11) is 0. The van der Waals surface area contributed by atoms with E-state index in [1.807, 2.05) is 0 Å². The Labute approximate surface area is 89.1 Å². The summed E-state index contributed by atoms with van der Waals surface area (Å²) >= 11 is 0. The zero-order valence-electron chi connectivity index (χ0n) is 8.89. The average molecular weight is 209 g/mol. The van der Waals surface area contributed by atoms with Crippen molar-refractivity contribution in [3.05, 3.63) is 24.1 Å². The molecule has 0 aromatic carbocycles. The van der Waals surface area contributed by atoms with E-state index in [2.05, 4.69) is 22.5 Å². The molecule has 82 valence electrons. The first-order chi connectivity index (χ1) is 7.20. The molecule has 1 aromatic heterocycles. The fourth-order valence-electron chi connectivity index (χ4n) is 1.87. The molecule has 2 N–H and O–H groups in total. The molecule has 1 aliphatic rings. The first kappa shape index (κ1) is 10.4. The topological polar surface area (TPSA) is 37.0 Å². The third-order valence-electron chi connectivity index (χ3n) is 2.89. The van der Waals surface area contributed by atoms with Gasteiger partial charge in [0.25, 0.3) is 0 Å². The van der Waals surface area contributed by atoms with Gasteiger partial charge in [-0.05, 0) is 45.0 Å². The van der Waals surface area contributed by atoms with Gasteiger partial charge in [-0.1, -0.05) is 0 Å². The van der Waals surface area contributed by atoms with Crippen LogP contribution in [0.1, 0.15) is 19.8 Å². The van der Waals surface area contributed by atoms with Gasteiger partial charge >= 0.3 is 0 Å². The molecule has 0 bridgehead atoms. The Hall–Kier alpha value is -1.16. The van der Waals surface area contributed by atoms with E-state index in [4.69, 9.17) is 0 Å². The molecular weight excluding hydrogens is 193 g/mol. The van der Waals surface area contributed by atoms with Gasteiger partial charge in [0.05, 0.1) is 0 Å². The van der Waals surface area contributed by atoms with Crippen LogP contribution in [0.5, 0.6) is 0 Å². The van der Waals surface area contributed by atoms with Gasteiger partial charge in [-0.15, -0.1) is 0 Å². The normalized spacial score (nSPS) is 19.9. The molecule has 15 heavy (non-hydrogen) atoms. The molecule has 0 amide bonds. The van der Waals surface area contributed by atoms with E-state index < -0.39 is 0 Å². The van der Waals surface area contributed by atoms with Crippen molar-refractivity contribution < 1.29 is 4.39 Å². The van der Waals surface area contributed by atoms with E-state index >= 15 is 0 Å². The molecular formula is C11H16FN3. The number of nitrogens with zero attached hydrogens (tertiary/aromatic N) is 1. The Morgan fingerprint density at radius 3 is 2.87 bits per heavy atom. The van der Waals surface area contributed by atoms with Crippen molar-refractivity contribution in [2.45, 2.75) is 25.3 Å². The number of halogens is 1. The summed E-state index contributed by atoms with van der Waals surface area (Å²) < 4.78 is 13.4. The van der Waals surface area contributed by atoms with Crippen LogP contribution < -0.4 is 10.6 Å². The third-order valence-corrected chi connectivity index (χ3v) is 2.89. The summed E-state index contributed by atoms with van der Waals surface area (Å²) in [5.41, 5.74) is -0.0412. The van der Waals surface area contributed by atoms with E-state index in [1.54, 1.807) is 12.3 Å². The summed E-state index contributed by atoms with van der Waals surface area (Å²) in [5, 5.41) is 6.49. The highest BCUT2D eigenvalue weighted by Gasteiger charge is 2.27. The van der Waals surface area contributed by atoms with Crippen molar-refractivity contribution in [2.24, 2.45) is 0 Å². The fraction of sp³-hybridized carbons (Fsp3) is 0.545. The molecule has 1 saturated heterocycles. The maximum atomic E-state index is 13.4. The Morgan fingerprint density at radius 1 is 1.47 bits per heavy atom. The molecule has 1 aromatic rings. The van der Waals surface area contributed by atoms with Crippen LogP contribution in [0, 0.1) is 5.82 Å². The zero-order chi connectivity index (χ0) is 10.7. The Kier molecular flexibility index (Phi) is 2.86. The van der Waals surface area contributed by atoms with Crippen LogP contribution in [-0.2, 0) is 0 Å². The highest BCUT2D eigenvalue weighted by molar-refractivity contribution is 5.38. The lowest BCUT2D eigenvalue weighted by Crippen LogP contribution is -2.45. The number of nitrogens with one attached hydrogen (secondary N) is 2. The standard InChI is InChI=1S/C11H16FN3/c1-11(4-7-13-8-5-11)15-10-9(12)3-2-6-14-10/h2-3,6,13H,4-5,7-8H2,1H3,(H,14,15). The molecule has 0 atom stereocenters. The van der Waals surface area contributed by atoms with Crippen LogP contribution in [0.4, 0.5) is 10.2 Å². The van der Waals surface area contributed by atoms with Crippen molar-refractivity contribution in [1.82, 2.24) is 10.3 Å². The van der Waals surface area contributed by atoms with Crippen molar-refractivity contribution in [3.63, 3.8) is 0 Å². The number of rotatable bonds is 2. The number of aromatic nitrogens is 1. The summed E-state index contributed by atoms with van der Waals surface area (Å²) in [6, 6.07) is 3.03. The van der Waals surface area contributed by atoms with Crippen LogP contribution in [0.25, 0.3) is 0 Å². The predicted molar refractivity (Wildman–Crippen MR) is 58.3 cm³/mol. The lowest BCUT2D eigenvalue weighted by Gasteiger charge is -2.35. The third kappa shape index (κ3) is 2.45. The lowest BCUT2D eigenvalue weighted by atomic mass is 9.90. The summed E-state index contributed by atoms with van der Waals surface area (Å²) in [5.74, 6) is 0.0826. The van der Waals surface area contributed by atoms with Crippen LogP contribution in [-0.4, -0.2) is 23.6 Å². The van der Waals surface area contributed by atoms with E-state index in [0.29, 0.717) is 5.82 Å². The van der Waals surface area contributed by atoms with E-state index in [1.165, 1.54) is 6.07 Å². The number of hydrogen-bond acceptors (Lipinski definition) is 3. The molecule has 2 rings (SSSR count). The van der Waals surface area contributed by atoms with Crippen molar-refractivity contribution in [1.29, 1.82) is 0 Å². The Bertz CT molecular complexity index is 334. The molecule has 4 heteroatoms. The number of anilines is 1. The molecule has 0 saturated carbocycles. The maximum Gasteiger partial charge on any atom is 0.165 e. The SMILES string of the molecule is CC1(Nc2ncccc2F)CCNCC1. The lowest BCUT2D eigenvalue weighted by molar-refractivity contribution is 0.362. The molecule has 1 aliphatic heterocycles. The minimum absolute atomic E-state index is 0.0412. The Balaban J connectivity index is 2.10. The van der Waals surface area contributed by atoms with E-state index in [-0.39, 0.29) is 11.4 Å². The van der Waals surface area contributed by atoms with Gasteiger partial charge in [-0.25, -0.2) is 9.37 Å². The molecule has 0 spiro atoms. The van der Waals surface area contributed by atoms with Crippen LogP contribution in [0.3, 0.4) is 0 Å². The highest BCUT2D eigenvalue weighted by atomic mass is 19.1. The van der Waals surface area contributed by atoms with Gasteiger partial charge in [0, 0.05) is 11.7 Å². The molecule has 0 aliphatic carbocycles. The van der Waals surface area contributed by atoms with Crippen LogP contribution in [0.15, 0.2) is 18.3 Å². The van der Waals surface area contributed by atoms with Gasteiger partial charge < -0.3 is 10.6 Å². The molecule has 0 radical (unpaired) electrons. The first-order valence-corrected chi connectivity index (χ1v) is 5.29. The van der Waals surface area contributed by atoms with E-state index in [0.717, 1.165) is 25.9 Å². The second-order valence-electron chi connectivity index (χ2n) is 4.27. The van der Waals surface area contributed by atoms with Crippen LogP contribution >= 0.6 is 0 Å². The summed E-state index contributed by atoms with van der Waals surface area (Å²) in [6.45, 7) is 4.05. The van der Waals surface area contributed by atoms with Crippen molar-refractivity contribution >= 4 is 5.82 Å². The fourth-order valence-corrected chi connectivity index (χ4v) is 1.87. The van der Waals surface area contributed by atoms with Crippen molar-refractivity contribution in [3.8, 4) is 0 Å². The monoisotopic (exact) mass is 209 g/mol. The van der Waals surface area contributed by atoms with Gasteiger partial charge in [0.1, 0.15) is 0 Å². The van der Waals surface area contributed by atoms with E-state index in [9.17, 15) is 4.39 Å². The minimum atomic E-state index is -0.280. The number of piperidine rings is 1. The summed E-state index contributed by atoms with van der Waals surface area (Å²) in [4.78, 5) is 4.01. The van der Waals surface area contributed by atoms with Gasteiger partial charge in [0.15, 0.2) is 11.6 Å². The van der Waals surface area contributed by atoms with Crippen LogP contribution in [0.2, 0.25) is 0 Å². The second-order valence-corrected chi connectivity index (χ2v) is 4.27. The summed E-state index contributed by atoms with van der Waals surface area (Å²) in [6.07, 6.45) is 3.59. The minimum Gasteiger partial charge on any atom is -0.362 e. The quantitative estimate of drug-likeness (QED) is 0.779. The zero-order valence-corrected chi connectivity index (χ0v) is 8.89. The average Bonchev–Trinajstić information content (AvgIpc) is 2.22. The van der Waals surface area contributed by atoms with Gasteiger partial charge in [0.2, 0.25) is 0 Å². The molecule has 1 fully saturated rings. The van der Waals surface area contributed by atoms with Gasteiger partial charge in [-0.3, -0.25) is 0 Å².